The quantitative estimate of drug-likeness (QED) is 0.792. The van der Waals surface area contributed by atoms with Crippen LogP contribution in [0.3, 0.4) is 0 Å². The maximum atomic E-state index is 14.2. The highest BCUT2D eigenvalue weighted by atomic mass is 19.1. The lowest BCUT2D eigenvalue weighted by molar-refractivity contribution is 0.576. The number of hydrogen-bond donors (Lipinski definition) is 0. The van der Waals surface area contributed by atoms with E-state index in [9.17, 15) is 8.78 Å². The van der Waals surface area contributed by atoms with E-state index >= 15 is 0 Å². The van der Waals surface area contributed by atoms with E-state index in [0.29, 0.717) is 11.3 Å². The number of rotatable bonds is 1. The van der Waals surface area contributed by atoms with Crippen LogP contribution in [0.5, 0.6) is 0 Å². The monoisotopic (exact) mass is 275 g/mol. The van der Waals surface area contributed by atoms with Gasteiger partial charge in [0.25, 0.3) is 0 Å². The predicted octanol–water partition coefficient (Wildman–Crippen LogP) is 3.60. The number of halogens is 2. The lowest BCUT2D eigenvalue weighted by Gasteiger charge is -2.28. The van der Waals surface area contributed by atoms with Gasteiger partial charge >= 0.3 is 0 Å². The van der Waals surface area contributed by atoms with Gasteiger partial charge in [0.1, 0.15) is 17.8 Å². The molecule has 0 unspecified atom stereocenters. The molecule has 0 spiro atoms. The number of fused-ring (bicyclic) bond motifs is 1. The summed E-state index contributed by atoms with van der Waals surface area (Å²) in [6.07, 6.45) is 1.62. The van der Waals surface area contributed by atoms with Crippen molar-refractivity contribution >= 4 is 17.2 Å². The molecule has 104 valence electrons. The van der Waals surface area contributed by atoms with Gasteiger partial charge in [0.15, 0.2) is 5.82 Å². The first kappa shape index (κ1) is 12.8. The molecule has 0 saturated heterocycles. The molecule has 3 rings (SSSR count). The van der Waals surface area contributed by atoms with Crippen LogP contribution in [-0.2, 0) is 0 Å². The summed E-state index contributed by atoms with van der Waals surface area (Å²) in [5, 5.41) is 0. The highest BCUT2D eigenvalue weighted by molar-refractivity contribution is 5.81. The zero-order valence-corrected chi connectivity index (χ0v) is 11.6. The number of hydrogen-bond acceptors (Lipinski definition) is 3. The van der Waals surface area contributed by atoms with Crippen LogP contribution >= 0.6 is 0 Å². The molecule has 5 heteroatoms. The smallest absolute Gasteiger partial charge is 0.153 e. The molecule has 0 amide bonds. The van der Waals surface area contributed by atoms with Crippen LogP contribution in [0.4, 0.5) is 26.0 Å². The highest BCUT2D eigenvalue weighted by Crippen LogP contribution is 2.43. The molecule has 1 aromatic heterocycles. The van der Waals surface area contributed by atoms with Gasteiger partial charge in [0.2, 0.25) is 0 Å². The summed E-state index contributed by atoms with van der Waals surface area (Å²) in [6.45, 7) is 3.67. The average molecular weight is 275 g/mol. The maximum Gasteiger partial charge on any atom is 0.153 e. The van der Waals surface area contributed by atoms with Crippen LogP contribution in [0.2, 0.25) is 0 Å². The molecule has 1 aliphatic heterocycles. The first-order valence-corrected chi connectivity index (χ1v) is 6.43. The van der Waals surface area contributed by atoms with E-state index in [1.54, 1.807) is 13.1 Å². The van der Waals surface area contributed by atoms with Crippen LogP contribution in [-0.4, -0.2) is 18.2 Å². The van der Waals surface area contributed by atoms with Gasteiger partial charge in [-0.25, -0.2) is 13.8 Å². The topological polar surface area (TPSA) is 19.4 Å². The molecule has 20 heavy (non-hydrogen) atoms. The Morgan fingerprint density at radius 2 is 2.00 bits per heavy atom. The van der Waals surface area contributed by atoms with E-state index in [-0.39, 0.29) is 6.17 Å². The summed E-state index contributed by atoms with van der Waals surface area (Å²) in [4.78, 5) is 8.15. The van der Waals surface area contributed by atoms with Crippen molar-refractivity contribution in [2.75, 3.05) is 16.8 Å². The second-order valence-electron chi connectivity index (χ2n) is 5.01. The summed E-state index contributed by atoms with van der Waals surface area (Å²) in [6, 6.07) is 5.97. The molecule has 0 N–H and O–H groups in total. The van der Waals surface area contributed by atoms with Crippen LogP contribution in [0.1, 0.15) is 12.5 Å². The standard InChI is InChI=1S/C15H15F2N3/c1-9-7-11(16)8-12(17)14(9)20-10(2)19(3)15-13(20)5-4-6-18-15/h4-8,10H,1-3H3/t10-/m0/s1. The Balaban J connectivity index is 2.21. The Morgan fingerprint density at radius 1 is 1.25 bits per heavy atom. The van der Waals surface area contributed by atoms with E-state index in [2.05, 4.69) is 4.98 Å². The molecule has 3 nitrogen and oxygen atoms in total. The van der Waals surface area contributed by atoms with E-state index < -0.39 is 11.6 Å². The van der Waals surface area contributed by atoms with Crippen molar-refractivity contribution in [1.29, 1.82) is 0 Å². The average Bonchev–Trinajstić information content (AvgIpc) is 2.64. The summed E-state index contributed by atoms with van der Waals surface area (Å²) in [5.41, 5.74) is 1.80. The Morgan fingerprint density at radius 3 is 2.70 bits per heavy atom. The number of benzene rings is 1. The molecule has 2 aromatic rings. The zero-order chi connectivity index (χ0) is 14.4. The van der Waals surface area contributed by atoms with Crippen LogP contribution in [0, 0.1) is 18.6 Å². The summed E-state index contributed by atoms with van der Waals surface area (Å²) < 4.78 is 27.5. The first-order valence-electron chi connectivity index (χ1n) is 6.43. The lowest BCUT2D eigenvalue weighted by atomic mass is 10.1. The SMILES string of the molecule is Cc1cc(F)cc(F)c1N1c2cccnc2N(C)[C@@H]1C. The van der Waals surface area contributed by atoms with E-state index in [0.717, 1.165) is 17.6 Å². The third-order valence-electron chi connectivity index (χ3n) is 3.75. The predicted molar refractivity (Wildman–Crippen MR) is 75.3 cm³/mol. The van der Waals surface area contributed by atoms with Crippen molar-refractivity contribution < 1.29 is 8.78 Å². The van der Waals surface area contributed by atoms with Crippen LogP contribution in [0.15, 0.2) is 30.5 Å². The van der Waals surface area contributed by atoms with Crippen molar-refractivity contribution in [3.63, 3.8) is 0 Å². The molecule has 0 fully saturated rings. The Kier molecular flexibility index (Phi) is 2.85. The number of anilines is 3. The Bertz CT molecular complexity index is 649. The number of aryl methyl sites for hydroxylation is 1. The molecule has 0 aliphatic carbocycles. The number of aromatic nitrogens is 1. The Labute approximate surface area is 116 Å². The van der Waals surface area contributed by atoms with E-state index in [1.165, 1.54) is 6.07 Å². The zero-order valence-electron chi connectivity index (χ0n) is 11.6. The third kappa shape index (κ3) is 1.73. The van der Waals surface area contributed by atoms with Gasteiger partial charge in [-0.1, -0.05) is 0 Å². The summed E-state index contributed by atoms with van der Waals surface area (Å²) in [7, 11) is 1.91. The van der Waals surface area contributed by atoms with Gasteiger partial charge in [-0.3, -0.25) is 0 Å². The van der Waals surface area contributed by atoms with Gasteiger partial charge < -0.3 is 9.80 Å². The fourth-order valence-electron chi connectivity index (χ4n) is 2.71. The van der Waals surface area contributed by atoms with Crippen molar-refractivity contribution in [1.82, 2.24) is 4.98 Å². The van der Waals surface area contributed by atoms with E-state index in [4.69, 9.17) is 0 Å². The first-order chi connectivity index (χ1) is 9.50. The van der Waals surface area contributed by atoms with Crippen molar-refractivity contribution in [3.05, 3.63) is 47.7 Å². The van der Waals surface area contributed by atoms with Crippen molar-refractivity contribution in [2.24, 2.45) is 0 Å². The second kappa shape index (κ2) is 4.44. The molecule has 0 bridgehead atoms. The minimum absolute atomic E-state index is 0.0847. The second-order valence-corrected chi connectivity index (χ2v) is 5.01. The fourth-order valence-corrected chi connectivity index (χ4v) is 2.71. The maximum absolute atomic E-state index is 14.2. The minimum Gasteiger partial charge on any atom is -0.337 e. The van der Waals surface area contributed by atoms with Gasteiger partial charge in [0, 0.05) is 19.3 Å². The molecular formula is C15H15F2N3. The lowest BCUT2D eigenvalue weighted by Crippen LogP contribution is -2.36. The third-order valence-corrected chi connectivity index (χ3v) is 3.75. The molecule has 1 aromatic carbocycles. The Hall–Kier alpha value is -2.17. The van der Waals surface area contributed by atoms with Gasteiger partial charge in [0.05, 0.1) is 11.4 Å². The molecular weight excluding hydrogens is 260 g/mol. The van der Waals surface area contributed by atoms with Crippen molar-refractivity contribution in [2.45, 2.75) is 20.0 Å². The van der Waals surface area contributed by atoms with Gasteiger partial charge in [-0.15, -0.1) is 0 Å². The molecule has 0 saturated carbocycles. The van der Waals surface area contributed by atoms with Crippen LogP contribution in [0.25, 0.3) is 0 Å². The highest BCUT2D eigenvalue weighted by Gasteiger charge is 2.34. The summed E-state index contributed by atoms with van der Waals surface area (Å²) in [5.74, 6) is -0.321. The van der Waals surface area contributed by atoms with Gasteiger partial charge in [-0.05, 0) is 37.6 Å². The molecule has 2 heterocycles. The normalized spacial score (nSPS) is 17.6. The van der Waals surface area contributed by atoms with Crippen molar-refractivity contribution in [3.8, 4) is 0 Å². The summed E-state index contributed by atoms with van der Waals surface area (Å²) >= 11 is 0. The molecule has 1 atom stereocenters. The minimum atomic E-state index is -0.560. The fraction of sp³-hybridized carbons (Fsp3) is 0.267. The molecule has 0 radical (unpaired) electrons. The largest absolute Gasteiger partial charge is 0.337 e. The molecule has 1 aliphatic rings. The van der Waals surface area contributed by atoms with Gasteiger partial charge in [-0.2, -0.15) is 0 Å². The number of nitrogens with zero attached hydrogens (tertiary/aromatic N) is 3. The van der Waals surface area contributed by atoms with Crippen LogP contribution < -0.4 is 9.80 Å². The number of pyridine rings is 1. The van der Waals surface area contributed by atoms with E-state index in [1.807, 2.05) is 35.9 Å².